The zero-order valence-electron chi connectivity index (χ0n) is 13.8. The third-order valence-electron chi connectivity index (χ3n) is 2.88. The molecule has 0 amide bonds. The summed E-state index contributed by atoms with van der Waals surface area (Å²) in [5.41, 5.74) is -3.34. The van der Waals surface area contributed by atoms with Gasteiger partial charge in [-0.1, -0.05) is 0 Å². The molecule has 0 fully saturated rings. The van der Waals surface area contributed by atoms with Crippen LogP contribution in [0.15, 0.2) is 30.0 Å². The van der Waals surface area contributed by atoms with Crippen molar-refractivity contribution >= 4 is 23.3 Å². The zero-order valence-corrected chi connectivity index (χ0v) is 13.8. The molecule has 1 N–H and O–H groups in total. The van der Waals surface area contributed by atoms with E-state index < -0.39 is 45.5 Å². The number of nitro benzene ring substituents is 1. The minimum atomic E-state index is -4.91. The lowest BCUT2D eigenvalue weighted by molar-refractivity contribution is -0.385. The number of ether oxygens (including phenoxy) is 2. The molecule has 0 unspecified atom stereocenters. The number of alkyl halides is 3. The Morgan fingerprint density at radius 3 is 2.15 bits per heavy atom. The number of benzene rings is 1. The fourth-order valence-corrected chi connectivity index (χ4v) is 1.77. The summed E-state index contributed by atoms with van der Waals surface area (Å²) in [5.74, 6) is -2.18. The molecule has 0 atom stereocenters. The standard InChI is InChI=1S/C15H15F3N2O6/c1-3-25-13(21)10(14(22)26-4-2)8-19-12-6-5-9(20(23)24)7-11(12)15(16,17)18/h5-8,19H,3-4H2,1-2H3. The largest absolute Gasteiger partial charge is 0.462 e. The van der Waals surface area contributed by atoms with Gasteiger partial charge in [-0.05, 0) is 19.9 Å². The first-order chi connectivity index (χ1) is 12.1. The third-order valence-corrected chi connectivity index (χ3v) is 2.88. The van der Waals surface area contributed by atoms with Gasteiger partial charge in [0.25, 0.3) is 5.69 Å². The quantitative estimate of drug-likeness (QED) is 0.195. The minimum Gasteiger partial charge on any atom is -0.462 e. The van der Waals surface area contributed by atoms with Gasteiger partial charge < -0.3 is 14.8 Å². The minimum absolute atomic E-state index is 0.0685. The Hall–Kier alpha value is -3.11. The number of rotatable bonds is 7. The molecule has 1 rings (SSSR count). The lowest BCUT2D eigenvalue weighted by atomic mass is 10.1. The van der Waals surface area contributed by atoms with E-state index in [1.807, 2.05) is 0 Å². The summed E-state index contributed by atoms with van der Waals surface area (Å²) in [7, 11) is 0. The molecule has 0 spiro atoms. The molecule has 26 heavy (non-hydrogen) atoms. The van der Waals surface area contributed by atoms with Crippen LogP contribution in [0, 0.1) is 10.1 Å². The lowest BCUT2D eigenvalue weighted by Gasteiger charge is -2.13. The van der Waals surface area contributed by atoms with Gasteiger partial charge in [-0.15, -0.1) is 0 Å². The first-order valence-corrected chi connectivity index (χ1v) is 7.28. The summed E-state index contributed by atoms with van der Waals surface area (Å²) in [6.45, 7) is 2.82. The monoisotopic (exact) mass is 376 g/mol. The molecule has 0 saturated heterocycles. The summed E-state index contributed by atoms with van der Waals surface area (Å²) in [4.78, 5) is 33.2. The summed E-state index contributed by atoms with van der Waals surface area (Å²) < 4.78 is 48.6. The number of nitrogens with zero attached hydrogens (tertiary/aromatic N) is 1. The molecule has 0 aromatic heterocycles. The van der Waals surface area contributed by atoms with Gasteiger partial charge in [-0.2, -0.15) is 13.2 Å². The Kier molecular flexibility index (Phi) is 7.11. The third kappa shape index (κ3) is 5.46. The number of carbonyl (C=O) groups is 2. The number of halogens is 3. The van der Waals surface area contributed by atoms with Gasteiger partial charge in [0, 0.05) is 18.3 Å². The highest BCUT2D eigenvalue weighted by Gasteiger charge is 2.35. The van der Waals surface area contributed by atoms with E-state index in [0.717, 1.165) is 12.1 Å². The van der Waals surface area contributed by atoms with Crippen molar-refractivity contribution < 1.29 is 37.2 Å². The molecule has 0 radical (unpaired) electrons. The molecule has 0 saturated carbocycles. The van der Waals surface area contributed by atoms with Gasteiger partial charge in [0.15, 0.2) is 5.57 Å². The van der Waals surface area contributed by atoms with Crippen molar-refractivity contribution in [2.45, 2.75) is 20.0 Å². The van der Waals surface area contributed by atoms with Crippen molar-refractivity contribution in [3.05, 3.63) is 45.6 Å². The molecule has 0 aliphatic carbocycles. The molecule has 142 valence electrons. The second-order valence-electron chi connectivity index (χ2n) is 4.63. The van der Waals surface area contributed by atoms with Crippen LogP contribution in [0.5, 0.6) is 0 Å². The molecule has 8 nitrogen and oxygen atoms in total. The number of anilines is 1. The van der Waals surface area contributed by atoms with Crippen LogP contribution in [-0.4, -0.2) is 30.1 Å². The van der Waals surface area contributed by atoms with E-state index in [-0.39, 0.29) is 13.2 Å². The average Bonchev–Trinajstić information content (AvgIpc) is 2.54. The number of non-ortho nitro benzene ring substituents is 1. The van der Waals surface area contributed by atoms with Crippen molar-refractivity contribution in [3.63, 3.8) is 0 Å². The maximum Gasteiger partial charge on any atom is 0.418 e. The van der Waals surface area contributed by atoms with Crippen LogP contribution in [0.3, 0.4) is 0 Å². The summed E-state index contributed by atoms with van der Waals surface area (Å²) >= 11 is 0. The van der Waals surface area contributed by atoms with E-state index in [9.17, 15) is 32.9 Å². The first kappa shape index (κ1) is 20.9. The molecular formula is C15H15F3N2O6. The van der Waals surface area contributed by atoms with E-state index in [0.29, 0.717) is 12.3 Å². The summed E-state index contributed by atoms with van der Waals surface area (Å²) in [6, 6.07) is 2.00. The second kappa shape index (κ2) is 8.83. The number of hydrogen-bond donors (Lipinski definition) is 1. The fraction of sp³-hybridized carbons (Fsp3) is 0.333. The molecule has 11 heteroatoms. The van der Waals surface area contributed by atoms with Crippen molar-refractivity contribution in [2.75, 3.05) is 18.5 Å². The topological polar surface area (TPSA) is 108 Å². The predicted molar refractivity (Wildman–Crippen MR) is 83.1 cm³/mol. The summed E-state index contributed by atoms with van der Waals surface area (Å²) in [5, 5.41) is 12.8. The van der Waals surface area contributed by atoms with Crippen LogP contribution in [0.4, 0.5) is 24.5 Å². The molecule has 1 aromatic carbocycles. The normalized spacial score (nSPS) is 10.7. The molecular weight excluding hydrogens is 361 g/mol. The number of nitrogens with one attached hydrogen (secondary N) is 1. The smallest absolute Gasteiger partial charge is 0.418 e. The summed E-state index contributed by atoms with van der Waals surface area (Å²) in [6.07, 6.45) is -4.21. The van der Waals surface area contributed by atoms with Crippen molar-refractivity contribution in [1.82, 2.24) is 0 Å². The molecule has 0 heterocycles. The Morgan fingerprint density at radius 1 is 1.19 bits per heavy atom. The van der Waals surface area contributed by atoms with Gasteiger partial charge in [-0.3, -0.25) is 10.1 Å². The molecule has 0 bridgehead atoms. The van der Waals surface area contributed by atoms with Crippen LogP contribution in [-0.2, 0) is 25.2 Å². The lowest BCUT2D eigenvalue weighted by Crippen LogP contribution is -2.20. The van der Waals surface area contributed by atoms with Crippen molar-refractivity contribution in [3.8, 4) is 0 Å². The van der Waals surface area contributed by atoms with E-state index in [1.165, 1.54) is 13.8 Å². The molecule has 0 aliphatic heterocycles. The Bertz CT molecular complexity index is 711. The van der Waals surface area contributed by atoms with Gasteiger partial charge in [-0.25, -0.2) is 9.59 Å². The Morgan fingerprint density at radius 2 is 1.73 bits per heavy atom. The predicted octanol–water partition coefficient (Wildman–Crippen LogP) is 3.04. The highest BCUT2D eigenvalue weighted by atomic mass is 19.4. The van der Waals surface area contributed by atoms with Crippen LogP contribution >= 0.6 is 0 Å². The van der Waals surface area contributed by atoms with Crippen LogP contribution in [0.2, 0.25) is 0 Å². The maximum atomic E-state index is 13.1. The van der Waals surface area contributed by atoms with E-state index in [4.69, 9.17) is 0 Å². The molecule has 1 aromatic rings. The first-order valence-electron chi connectivity index (χ1n) is 7.28. The number of nitro groups is 1. The zero-order chi connectivity index (χ0) is 19.9. The fourth-order valence-electron chi connectivity index (χ4n) is 1.77. The second-order valence-corrected chi connectivity index (χ2v) is 4.63. The molecule has 0 aliphatic rings. The SMILES string of the molecule is CCOC(=O)C(=CNc1ccc([N+](=O)[O-])cc1C(F)(F)F)C(=O)OCC. The van der Waals surface area contributed by atoms with E-state index >= 15 is 0 Å². The van der Waals surface area contributed by atoms with Gasteiger partial charge >= 0.3 is 18.1 Å². The number of esters is 2. The average molecular weight is 376 g/mol. The van der Waals surface area contributed by atoms with E-state index in [2.05, 4.69) is 14.8 Å². The van der Waals surface area contributed by atoms with Crippen LogP contribution in [0.1, 0.15) is 19.4 Å². The highest BCUT2D eigenvalue weighted by molar-refractivity contribution is 6.14. The highest BCUT2D eigenvalue weighted by Crippen LogP contribution is 2.37. The van der Waals surface area contributed by atoms with Crippen molar-refractivity contribution in [2.24, 2.45) is 0 Å². The number of carbonyl (C=O) groups excluding carboxylic acids is 2. The van der Waals surface area contributed by atoms with Gasteiger partial charge in [0.05, 0.1) is 29.4 Å². The van der Waals surface area contributed by atoms with E-state index in [1.54, 1.807) is 0 Å². The maximum absolute atomic E-state index is 13.1. The Labute approximate surface area is 145 Å². The van der Waals surface area contributed by atoms with Crippen LogP contribution < -0.4 is 5.32 Å². The Balaban J connectivity index is 3.28. The number of hydrogen-bond acceptors (Lipinski definition) is 7. The van der Waals surface area contributed by atoms with Gasteiger partial charge in [0.2, 0.25) is 0 Å². The van der Waals surface area contributed by atoms with Gasteiger partial charge in [0.1, 0.15) is 0 Å². The van der Waals surface area contributed by atoms with Crippen molar-refractivity contribution in [1.29, 1.82) is 0 Å². The van der Waals surface area contributed by atoms with Crippen LogP contribution in [0.25, 0.3) is 0 Å².